The number of hydrogen-bond donors (Lipinski definition) is 1. The number of fused-ring (bicyclic) bond motifs is 3. The zero-order valence-corrected chi connectivity index (χ0v) is 12.8. The number of hydrogen-bond acceptors (Lipinski definition) is 3. The van der Waals surface area contributed by atoms with E-state index in [9.17, 15) is 4.79 Å². The first kappa shape index (κ1) is 13.8. The Hall–Kier alpha value is -1.85. The molecule has 4 rings (SSSR count). The predicted octanol–water partition coefficient (Wildman–Crippen LogP) is 2.15. The quantitative estimate of drug-likeness (QED) is 0.880. The number of nitrogens with one attached hydrogen (secondary N) is 1. The standard InChI is InChI=1S/C17H21N3O2/c1-2-22-10-9-19-11-14-16-13(7-8-18-14)12-5-3-4-6-15(12)20(16)17(19)21/h3-6,14,18H,2,7-11H2,1H3. The van der Waals surface area contributed by atoms with Gasteiger partial charge in [0.2, 0.25) is 0 Å². The number of benzene rings is 1. The van der Waals surface area contributed by atoms with Crippen LogP contribution in [0.5, 0.6) is 0 Å². The molecule has 0 radical (unpaired) electrons. The van der Waals surface area contributed by atoms with Gasteiger partial charge >= 0.3 is 6.03 Å². The number of rotatable bonds is 4. The van der Waals surface area contributed by atoms with Crippen LogP contribution in [0.25, 0.3) is 10.9 Å². The fraction of sp³-hybridized carbons (Fsp3) is 0.471. The maximum absolute atomic E-state index is 12.9. The molecular formula is C17H21N3O2. The van der Waals surface area contributed by atoms with Crippen LogP contribution in [0.2, 0.25) is 0 Å². The van der Waals surface area contributed by atoms with Crippen LogP contribution in [0.3, 0.4) is 0 Å². The van der Waals surface area contributed by atoms with Crippen molar-refractivity contribution >= 4 is 16.9 Å². The van der Waals surface area contributed by atoms with Crippen LogP contribution in [0.1, 0.15) is 24.2 Å². The minimum absolute atomic E-state index is 0.0807. The normalized spacial score (nSPS) is 20.5. The second-order valence-electron chi connectivity index (χ2n) is 5.90. The van der Waals surface area contributed by atoms with Crippen molar-refractivity contribution in [1.29, 1.82) is 0 Å². The summed E-state index contributed by atoms with van der Waals surface area (Å²) in [6.07, 6.45) is 0.992. The molecule has 116 valence electrons. The molecule has 2 aromatic rings. The summed E-state index contributed by atoms with van der Waals surface area (Å²) >= 11 is 0. The van der Waals surface area contributed by atoms with Gasteiger partial charge in [0.15, 0.2) is 0 Å². The van der Waals surface area contributed by atoms with E-state index in [4.69, 9.17) is 4.74 Å². The summed E-state index contributed by atoms with van der Waals surface area (Å²) in [7, 11) is 0. The molecule has 5 heteroatoms. The van der Waals surface area contributed by atoms with E-state index in [1.54, 1.807) is 0 Å². The van der Waals surface area contributed by atoms with Gasteiger partial charge in [0.1, 0.15) is 0 Å². The Morgan fingerprint density at radius 1 is 1.36 bits per heavy atom. The monoisotopic (exact) mass is 299 g/mol. The van der Waals surface area contributed by atoms with Crippen LogP contribution in [-0.2, 0) is 11.2 Å². The van der Waals surface area contributed by atoms with Gasteiger partial charge in [-0.3, -0.25) is 4.57 Å². The Morgan fingerprint density at radius 3 is 3.09 bits per heavy atom. The molecule has 2 aliphatic heterocycles. The van der Waals surface area contributed by atoms with Gasteiger partial charge in [0.05, 0.1) is 23.9 Å². The molecule has 22 heavy (non-hydrogen) atoms. The number of nitrogens with zero attached hydrogens (tertiary/aromatic N) is 2. The van der Waals surface area contributed by atoms with Crippen LogP contribution in [-0.4, -0.2) is 48.3 Å². The minimum atomic E-state index is 0.0807. The highest BCUT2D eigenvalue weighted by atomic mass is 16.5. The molecule has 0 aliphatic carbocycles. The van der Waals surface area contributed by atoms with Crippen molar-refractivity contribution in [3.05, 3.63) is 35.5 Å². The van der Waals surface area contributed by atoms with E-state index in [1.807, 2.05) is 22.5 Å². The molecule has 1 atom stereocenters. The molecule has 0 spiro atoms. The smallest absolute Gasteiger partial charge is 0.329 e. The van der Waals surface area contributed by atoms with Gasteiger partial charge in [-0.2, -0.15) is 0 Å². The first-order chi connectivity index (χ1) is 10.8. The summed E-state index contributed by atoms with van der Waals surface area (Å²) in [5.74, 6) is 0. The number of amides is 1. The van der Waals surface area contributed by atoms with E-state index in [0.29, 0.717) is 19.8 Å². The van der Waals surface area contributed by atoms with Gasteiger partial charge < -0.3 is 15.0 Å². The molecule has 0 saturated heterocycles. The highest BCUT2D eigenvalue weighted by Gasteiger charge is 2.36. The van der Waals surface area contributed by atoms with Gasteiger partial charge in [-0.25, -0.2) is 4.79 Å². The topological polar surface area (TPSA) is 46.5 Å². The van der Waals surface area contributed by atoms with E-state index in [1.165, 1.54) is 16.6 Å². The van der Waals surface area contributed by atoms with E-state index in [0.717, 1.165) is 25.0 Å². The van der Waals surface area contributed by atoms with Crippen LogP contribution < -0.4 is 5.32 Å². The Bertz CT molecular complexity index is 722. The minimum Gasteiger partial charge on any atom is -0.380 e. The molecule has 0 saturated carbocycles. The number of ether oxygens (including phenoxy) is 1. The average molecular weight is 299 g/mol. The van der Waals surface area contributed by atoms with Crippen LogP contribution in [0.4, 0.5) is 4.79 Å². The molecule has 2 aliphatic rings. The molecule has 1 aromatic carbocycles. The third kappa shape index (κ3) is 1.96. The molecule has 0 bridgehead atoms. The molecule has 5 nitrogen and oxygen atoms in total. The fourth-order valence-corrected chi connectivity index (χ4v) is 3.73. The summed E-state index contributed by atoms with van der Waals surface area (Å²) in [5, 5.41) is 4.79. The lowest BCUT2D eigenvalue weighted by atomic mass is 9.98. The van der Waals surface area contributed by atoms with Crippen molar-refractivity contribution in [3.8, 4) is 0 Å². The predicted molar refractivity (Wildman–Crippen MR) is 85.2 cm³/mol. The van der Waals surface area contributed by atoms with Gasteiger partial charge in [-0.15, -0.1) is 0 Å². The Labute approximate surface area is 129 Å². The van der Waals surface area contributed by atoms with Crippen LogP contribution in [0.15, 0.2) is 24.3 Å². The first-order valence-electron chi connectivity index (χ1n) is 8.04. The number of para-hydroxylation sites is 1. The summed E-state index contributed by atoms with van der Waals surface area (Å²) in [6.45, 7) is 5.60. The van der Waals surface area contributed by atoms with Crippen molar-refractivity contribution in [3.63, 3.8) is 0 Å². The van der Waals surface area contributed by atoms with Crippen molar-refractivity contribution in [2.24, 2.45) is 0 Å². The average Bonchev–Trinajstić information content (AvgIpc) is 2.89. The lowest BCUT2D eigenvalue weighted by Crippen LogP contribution is -2.50. The van der Waals surface area contributed by atoms with E-state index in [-0.39, 0.29) is 12.1 Å². The highest BCUT2D eigenvalue weighted by molar-refractivity contribution is 5.96. The zero-order valence-electron chi connectivity index (χ0n) is 12.8. The molecule has 0 fully saturated rings. The molecule has 1 unspecified atom stereocenters. The van der Waals surface area contributed by atoms with E-state index in [2.05, 4.69) is 23.5 Å². The summed E-state index contributed by atoms with van der Waals surface area (Å²) < 4.78 is 7.34. The molecular weight excluding hydrogens is 278 g/mol. The third-order valence-electron chi connectivity index (χ3n) is 4.69. The summed E-state index contributed by atoms with van der Waals surface area (Å²) in [4.78, 5) is 14.8. The molecule has 3 heterocycles. The van der Waals surface area contributed by atoms with Crippen LogP contribution in [0, 0.1) is 0 Å². The van der Waals surface area contributed by atoms with Crippen LogP contribution >= 0.6 is 0 Å². The largest absolute Gasteiger partial charge is 0.380 e. The SMILES string of the molecule is CCOCCN1CC2NCCc3c2n(c2ccccc32)C1=O. The molecule has 1 aromatic heterocycles. The van der Waals surface area contributed by atoms with Gasteiger partial charge in [-0.05, 0) is 31.5 Å². The Morgan fingerprint density at radius 2 is 2.23 bits per heavy atom. The van der Waals surface area contributed by atoms with Crippen molar-refractivity contribution in [2.45, 2.75) is 19.4 Å². The van der Waals surface area contributed by atoms with E-state index >= 15 is 0 Å². The number of carbonyl (C=O) groups is 1. The van der Waals surface area contributed by atoms with E-state index < -0.39 is 0 Å². The Kier molecular flexibility index (Phi) is 3.39. The lowest BCUT2D eigenvalue weighted by Gasteiger charge is -2.37. The van der Waals surface area contributed by atoms with Crippen molar-refractivity contribution < 1.29 is 9.53 Å². The first-order valence-corrected chi connectivity index (χ1v) is 8.04. The zero-order chi connectivity index (χ0) is 15.1. The highest BCUT2D eigenvalue weighted by Crippen LogP contribution is 2.36. The summed E-state index contributed by atoms with van der Waals surface area (Å²) in [5.41, 5.74) is 3.55. The molecule has 1 N–H and O–H groups in total. The fourth-order valence-electron chi connectivity index (χ4n) is 3.73. The van der Waals surface area contributed by atoms with Crippen molar-refractivity contribution in [1.82, 2.24) is 14.8 Å². The van der Waals surface area contributed by atoms with Crippen molar-refractivity contribution in [2.75, 3.05) is 32.8 Å². The maximum Gasteiger partial charge on any atom is 0.329 e. The third-order valence-corrected chi connectivity index (χ3v) is 4.69. The maximum atomic E-state index is 12.9. The lowest BCUT2D eigenvalue weighted by molar-refractivity contribution is 0.111. The second kappa shape index (κ2) is 5.41. The van der Waals surface area contributed by atoms with Gasteiger partial charge in [0, 0.05) is 25.1 Å². The second-order valence-corrected chi connectivity index (χ2v) is 5.90. The number of carbonyl (C=O) groups excluding carboxylic acids is 1. The van der Waals surface area contributed by atoms with Gasteiger partial charge in [-0.1, -0.05) is 18.2 Å². The number of aromatic nitrogens is 1. The summed E-state index contributed by atoms with van der Waals surface area (Å²) in [6, 6.07) is 8.56. The molecule has 1 amide bonds. The Balaban J connectivity index is 1.79. The van der Waals surface area contributed by atoms with Gasteiger partial charge in [0.25, 0.3) is 0 Å².